The zero-order valence-corrected chi connectivity index (χ0v) is 13.5. The molecule has 0 fully saturated rings. The van der Waals surface area contributed by atoms with Gasteiger partial charge in [-0.25, -0.2) is 8.42 Å². The molecule has 4 nitrogen and oxygen atoms in total. The summed E-state index contributed by atoms with van der Waals surface area (Å²) in [5.41, 5.74) is 6.92. The first-order valence-electron chi connectivity index (χ1n) is 6.67. The molecule has 0 aliphatic rings. The molecule has 0 heterocycles. The fraction of sp³-hybridized carbons (Fsp3) is 0.571. The number of ether oxygens (including phenoxy) is 1. The molecule has 2 N–H and O–H groups in total. The van der Waals surface area contributed by atoms with Gasteiger partial charge in [-0.3, -0.25) is 0 Å². The summed E-state index contributed by atoms with van der Waals surface area (Å²) in [6.07, 6.45) is 3.23. The highest BCUT2D eigenvalue weighted by molar-refractivity contribution is 7.90. The first-order valence-corrected chi connectivity index (χ1v) is 9.11. The summed E-state index contributed by atoms with van der Waals surface area (Å²) < 4.78 is 27.8. The first kappa shape index (κ1) is 17.3. The number of halogens is 1. The van der Waals surface area contributed by atoms with E-state index in [0.29, 0.717) is 30.2 Å². The minimum absolute atomic E-state index is 0.0619. The molecule has 1 aromatic carbocycles. The Kier molecular flexibility index (Phi) is 6.79. The van der Waals surface area contributed by atoms with Gasteiger partial charge >= 0.3 is 0 Å². The molecule has 1 aromatic rings. The standard InChI is InChI=1S/C14H22ClNO3S/c1-3-12(16)10-11-6-4-7-13(15)14(11)19-8-5-9-20(2,17)18/h4,6-7,12H,3,5,8-10,16H2,1-2H3. The third-order valence-electron chi connectivity index (χ3n) is 2.96. The van der Waals surface area contributed by atoms with Crippen molar-refractivity contribution in [2.45, 2.75) is 32.2 Å². The molecule has 0 spiro atoms. The fourth-order valence-electron chi connectivity index (χ4n) is 1.80. The zero-order valence-electron chi connectivity index (χ0n) is 11.9. The van der Waals surface area contributed by atoms with E-state index in [9.17, 15) is 8.42 Å². The van der Waals surface area contributed by atoms with Gasteiger partial charge in [0, 0.05) is 12.3 Å². The van der Waals surface area contributed by atoms with Gasteiger partial charge in [0.2, 0.25) is 0 Å². The number of hydrogen-bond donors (Lipinski definition) is 1. The average Bonchev–Trinajstić information content (AvgIpc) is 2.35. The van der Waals surface area contributed by atoms with Crippen LogP contribution in [0.3, 0.4) is 0 Å². The Hall–Kier alpha value is -0.780. The summed E-state index contributed by atoms with van der Waals surface area (Å²) >= 11 is 6.14. The second kappa shape index (κ2) is 7.86. The molecule has 1 atom stereocenters. The Morgan fingerprint density at radius 3 is 2.70 bits per heavy atom. The molecule has 0 amide bonds. The van der Waals surface area contributed by atoms with Crippen LogP contribution in [0.4, 0.5) is 0 Å². The Bertz CT molecular complexity index is 531. The second-order valence-corrected chi connectivity index (χ2v) is 7.60. The maximum atomic E-state index is 11.1. The van der Waals surface area contributed by atoms with Gasteiger partial charge in [0.05, 0.1) is 17.4 Å². The molecule has 0 aliphatic heterocycles. The average molecular weight is 320 g/mol. The summed E-state index contributed by atoms with van der Waals surface area (Å²) in [5.74, 6) is 0.730. The highest BCUT2D eigenvalue weighted by atomic mass is 35.5. The Morgan fingerprint density at radius 1 is 1.40 bits per heavy atom. The number of rotatable bonds is 8. The molecular formula is C14H22ClNO3S. The molecular weight excluding hydrogens is 298 g/mol. The summed E-state index contributed by atoms with van der Waals surface area (Å²) in [4.78, 5) is 0. The topological polar surface area (TPSA) is 69.4 Å². The van der Waals surface area contributed by atoms with Crippen molar-refractivity contribution in [1.82, 2.24) is 0 Å². The van der Waals surface area contributed by atoms with Gasteiger partial charge < -0.3 is 10.5 Å². The van der Waals surface area contributed by atoms with Crippen LogP contribution in [0.15, 0.2) is 18.2 Å². The summed E-state index contributed by atoms with van der Waals surface area (Å²) in [6, 6.07) is 5.62. The van der Waals surface area contributed by atoms with Gasteiger partial charge in [-0.2, -0.15) is 0 Å². The van der Waals surface area contributed by atoms with Crippen molar-refractivity contribution in [3.05, 3.63) is 28.8 Å². The van der Waals surface area contributed by atoms with E-state index in [2.05, 4.69) is 0 Å². The van der Waals surface area contributed by atoms with Crippen molar-refractivity contribution in [3.8, 4) is 5.75 Å². The van der Waals surface area contributed by atoms with Gasteiger partial charge in [-0.1, -0.05) is 30.7 Å². The maximum Gasteiger partial charge on any atom is 0.147 e. The molecule has 0 radical (unpaired) electrons. The number of sulfone groups is 1. The van der Waals surface area contributed by atoms with Crippen molar-refractivity contribution in [2.75, 3.05) is 18.6 Å². The summed E-state index contributed by atoms with van der Waals surface area (Å²) in [5, 5.41) is 0.533. The minimum atomic E-state index is -2.95. The van der Waals surface area contributed by atoms with E-state index in [1.54, 1.807) is 6.07 Å². The molecule has 1 rings (SSSR count). The highest BCUT2D eigenvalue weighted by Crippen LogP contribution is 2.29. The highest BCUT2D eigenvalue weighted by Gasteiger charge is 2.12. The van der Waals surface area contributed by atoms with E-state index in [-0.39, 0.29) is 11.8 Å². The third kappa shape index (κ3) is 6.11. The quantitative estimate of drug-likeness (QED) is 0.747. The van der Waals surface area contributed by atoms with E-state index in [4.69, 9.17) is 22.1 Å². The molecule has 0 bridgehead atoms. The molecule has 0 aromatic heterocycles. The molecule has 0 aliphatic carbocycles. The molecule has 114 valence electrons. The smallest absolute Gasteiger partial charge is 0.147 e. The van der Waals surface area contributed by atoms with E-state index in [0.717, 1.165) is 12.0 Å². The molecule has 1 unspecified atom stereocenters. The number of para-hydroxylation sites is 1. The maximum absolute atomic E-state index is 11.1. The monoisotopic (exact) mass is 319 g/mol. The van der Waals surface area contributed by atoms with E-state index < -0.39 is 9.84 Å². The van der Waals surface area contributed by atoms with E-state index in [1.165, 1.54) is 6.26 Å². The van der Waals surface area contributed by atoms with Gasteiger partial charge in [0.1, 0.15) is 15.6 Å². The van der Waals surface area contributed by atoms with Crippen molar-refractivity contribution < 1.29 is 13.2 Å². The third-order valence-corrected chi connectivity index (χ3v) is 4.29. The summed E-state index contributed by atoms with van der Waals surface area (Å²) in [7, 11) is -2.95. The van der Waals surface area contributed by atoms with Crippen LogP contribution >= 0.6 is 11.6 Å². The number of hydrogen-bond acceptors (Lipinski definition) is 4. The largest absolute Gasteiger partial charge is 0.492 e. The zero-order chi connectivity index (χ0) is 15.2. The number of benzene rings is 1. The Balaban J connectivity index is 2.68. The predicted octanol–water partition coefficient (Wildman–Crippen LogP) is 2.43. The molecule has 0 saturated carbocycles. The van der Waals surface area contributed by atoms with Crippen LogP contribution in [0.5, 0.6) is 5.75 Å². The lowest BCUT2D eigenvalue weighted by atomic mass is 10.0. The van der Waals surface area contributed by atoms with Gasteiger partial charge in [-0.05, 0) is 30.9 Å². The lowest BCUT2D eigenvalue weighted by Crippen LogP contribution is -2.22. The van der Waals surface area contributed by atoms with Crippen LogP contribution in [0.1, 0.15) is 25.3 Å². The lowest BCUT2D eigenvalue weighted by Gasteiger charge is -2.15. The normalized spacial score (nSPS) is 13.2. The SMILES string of the molecule is CCC(N)Cc1cccc(Cl)c1OCCCS(C)(=O)=O. The lowest BCUT2D eigenvalue weighted by molar-refractivity contribution is 0.314. The van der Waals surface area contributed by atoms with Gasteiger partial charge in [0.25, 0.3) is 0 Å². The predicted molar refractivity (Wildman–Crippen MR) is 83.2 cm³/mol. The van der Waals surface area contributed by atoms with Crippen LogP contribution in [0.2, 0.25) is 5.02 Å². The van der Waals surface area contributed by atoms with Gasteiger partial charge in [0.15, 0.2) is 0 Å². The molecule has 0 saturated heterocycles. The molecule has 6 heteroatoms. The van der Waals surface area contributed by atoms with Crippen molar-refractivity contribution in [1.29, 1.82) is 0 Å². The van der Waals surface area contributed by atoms with Crippen LogP contribution in [0.25, 0.3) is 0 Å². The van der Waals surface area contributed by atoms with Crippen LogP contribution in [0, 0.1) is 0 Å². The first-order chi connectivity index (χ1) is 9.33. The molecule has 20 heavy (non-hydrogen) atoms. The fourth-order valence-corrected chi connectivity index (χ4v) is 2.69. The van der Waals surface area contributed by atoms with Crippen molar-refractivity contribution >= 4 is 21.4 Å². The number of nitrogens with two attached hydrogens (primary N) is 1. The summed E-state index contributed by atoms with van der Waals surface area (Å²) in [6.45, 7) is 2.35. The van der Waals surface area contributed by atoms with Crippen molar-refractivity contribution in [2.24, 2.45) is 5.73 Å². The van der Waals surface area contributed by atoms with Crippen LogP contribution in [-0.4, -0.2) is 33.1 Å². The Morgan fingerprint density at radius 2 is 2.10 bits per heavy atom. The van der Waals surface area contributed by atoms with E-state index in [1.807, 2.05) is 19.1 Å². The van der Waals surface area contributed by atoms with Gasteiger partial charge in [-0.15, -0.1) is 0 Å². The van der Waals surface area contributed by atoms with Crippen LogP contribution < -0.4 is 10.5 Å². The second-order valence-electron chi connectivity index (χ2n) is 4.93. The van der Waals surface area contributed by atoms with E-state index >= 15 is 0 Å². The van der Waals surface area contributed by atoms with Crippen molar-refractivity contribution in [3.63, 3.8) is 0 Å². The van der Waals surface area contributed by atoms with Crippen LogP contribution in [-0.2, 0) is 16.3 Å². The Labute approximate surface area is 126 Å². The minimum Gasteiger partial charge on any atom is -0.492 e.